The van der Waals surface area contributed by atoms with Crippen molar-refractivity contribution in [3.8, 4) is 0 Å². The summed E-state index contributed by atoms with van der Waals surface area (Å²) in [4.78, 5) is 0. The Morgan fingerprint density at radius 3 is 2.76 bits per heavy atom. The number of hydrogen-bond acceptors (Lipinski definition) is 3. The van der Waals surface area contributed by atoms with Crippen LogP contribution in [0, 0.1) is 5.92 Å². The van der Waals surface area contributed by atoms with E-state index >= 15 is 0 Å². The number of nitrogens with zero attached hydrogens (tertiary/aromatic N) is 1. The monoisotopic (exact) mass is 312 g/mol. The van der Waals surface area contributed by atoms with E-state index < -0.39 is 16.3 Å². The molecule has 0 saturated carbocycles. The van der Waals surface area contributed by atoms with E-state index in [9.17, 15) is 13.5 Å². The third kappa shape index (κ3) is 5.07. The number of aliphatic hydroxyl groups is 1. The number of benzene rings is 1. The molecule has 1 aromatic rings. The summed E-state index contributed by atoms with van der Waals surface area (Å²) in [6.45, 7) is 3.23. The summed E-state index contributed by atoms with van der Waals surface area (Å²) in [6, 6.07) is 9.56. The largest absolute Gasteiger partial charge is 0.391 e. The van der Waals surface area contributed by atoms with Gasteiger partial charge in [-0.25, -0.2) is 0 Å². The van der Waals surface area contributed by atoms with Gasteiger partial charge >= 0.3 is 0 Å². The first kappa shape index (κ1) is 16.4. The van der Waals surface area contributed by atoms with Gasteiger partial charge in [0.05, 0.1) is 6.10 Å². The van der Waals surface area contributed by atoms with Crippen LogP contribution in [0.2, 0.25) is 0 Å². The van der Waals surface area contributed by atoms with Crippen molar-refractivity contribution in [3.05, 3.63) is 35.9 Å². The van der Waals surface area contributed by atoms with E-state index in [2.05, 4.69) is 11.6 Å². The first-order valence-electron chi connectivity index (χ1n) is 7.44. The average molecular weight is 312 g/mol. The van der Waals surface area contributed by atoms with Gasteiger partial charge in [0.15, 0.2) is 0 Å². The summed E-state index contributed by atoms with van der Waals surface area (Å²) in [7, 11) is -3.48. The molecule has 2 N–H and O–H groups in total. The summed E-state index contributed by atoms with van der Waals surface area (Å²) in [6.07, 6.45) is 1.70. The Morgan fingerprint density at radius 1 is 1.38 bits per heavy atom. The van der Waals surface area contributed by atoms with Crippen LogP contribution in [0.3, 0.4) is 0 Å². The number of rotatable bonds is 6. The van der Waals surface area contributed by atoms with Gasteiger partial charge in [-0.1, -0.05) is 37.3 Å². The minimum Gasteiger partial charge on any atom is -0.391 e. The quantitative estimate of drug-likeness (QED) is 0.828. The lowest BCUT2D eigenvalue weighted by molar-refractivity contribution is 0.177. The van der Waals surface area contributed by atoms with Crippen molar-refractivity contribution in [2.24, 2.45) is 5.92 Å². The predicted molar refractivity (Wildman–Crippen MR) is 83.0 cm³/mol. The van der Waals surface area contributed by atoms with Gasteiger partial charge in [0, 0.05) is 19.6 Å². The second-order valence-corrected chi connectivity index (χ2v) is 7.56. The molecule has 1 fully saturated rings. The molecule has 6 heteroatoms. The maximum Gasteiger partial charge on any atom is 0.279 e. The third-order valence-corrected chi connectivity index (χ3v) is 5.32. The molecule has 0 bridgehead atoms. The van der Waals surface area contributed by atoms with Crippen molar-refractivity contribution < 1.29 is 13.5 Å². The van der Waals surface area contributed by atoms with Crippen molar-refractivity contribution in [2.75, 3.05) is 19.6 Å². The maximum absolute atomic E-state index is 12.2. The molecule has 0 unspecified atom stereocenters. The van der Waals surface area contributed by atoms with Crippen LogP contribution in [0.1, 0.15) is 25.3 Å². The van der Waals surface area contributed by atoms with Gasteiger partial charge in [-0.15, -0.1) is 0 Å². The first-order valence-corrected chi connectivity index (χ1v) is 8.88. The molecule has 0 aromatic heterocycles. The van der Waals surface area contributed by atoms with Gasteiger partial charge in [0.25, 0.3) is 10.2 Å². The van der Waals surface area contributed by atoms with E-state index in [4.69, 9.17) is 0 Å². The Hall–Kier alpha value is -0.950. The van der Waals surface area contributed by atoms with Crippen LogP contribution in [0.15, 0.2) is 30.3 Å². The molecular formula is C15H24N2O3S. The number of hydrogen-bond donors (Lipinski definition) is 2. The zero-order valence-electron chi connectivity index (χ0n) is 12.4. The van der Waals surface area contributed by atoms with Crippen LogP contribution in [0.4, 0.5) is 0 Å². The van der Waals surface area contributed by atoms with E-state index in [1.165, 1.54) is 4.31 Å². The predicted octanol–water partition coefficient (Wildman–Crippen LogP) is 1.16. The maximum atomic E-state index is 12.2. The number of aliphatic hydroxyl groups excluding tert-OH is 1. The number of piperidine rings is 1. The Labute approximate surface area is 127 Å². The molecule has 0 spiro atoms. The number of nitrogens with one attached hydrogen (secondary N) is 1. The highest BCUT2D eigenvalue weighted by Crippen LogP contribution is 2.17. The zero-order chi connectivity index (χ0) is 15.3. The molecule has 0 radical (unpaired) electrons. The second-order valence-electron chi connectivity index (χ2n) is 5.80. The summed E-state index contributed by atoms with van der Waals surface area (Å²) < 4.78 is 28.4. The third-order valence-electron chi connectivity index (χ3n) is 3.78. The van der Waals surface area contributed by atoms with Crippen LogP contribution < -0.4 is 4.72 Å². The first-order chi connectivity index (χ1) is 9.97. The fraction of sp³-hybridized carbons (Fsp3) is 0.600. The van der Waals surface area contributed by atoms with Crippen LogP contribution in [-0.4, -0.2) is 43.6 Å². The highest BCUT2D eigenvalue weighted by molar-refractivity contribution is 7.87. The average Bonchev–Trinajstić information content (AvgIpc) is 2.46. The van der Waals surface area contributed by atoms with Crippen molar-refractivity contribution >= 4 is 10.2 Å². The zero-order valence-corrected chi connectivity index (χ0v) is 13.2. The fourth-order valence-corrected chi connectivity index (χ4v) is 4.02. The Morgan fingerprint density at radius 2 is 2.10 bits per heavy atom. The van der Waals surface area contributed by atoms with Crippen LogP contribution in [-0.2, 0) is 16.6 Å². The van der Waals surface area contributed by atoms with Crippen LogP contribution >= 0.6 is 0 Å². The molecule has 0 amide bonds. The molecule has 1 aliphatic rings. The SMILES string of the molecule is C[C@H]1CCCN(S(=O)(=O)NC[C@H](O)Cc2ccccc2)C1. The van der Waals surface area contributed by atoms with Crippen LogP contribution in [0.25, 0.3) is 0 Å². The summed E-state index contributed by atoms with van der Waals surface area (Å²) in [5, 5.41) is 9.97. The van der Waals surface area contributed by atoms with Gasteiger partial charge in [-0.3, -0.25) is 0 Å². The molecule has 1 saturated heterocycles. The van der Waals surface area contributed by atoms with E-state index in [1.807, 2.05) is 30.3 Å². The second kappa shape index (κ2) is 7.35. The molecule has 5 nitrogen and oxygen atoms in total. The summed E-state index contributed by atoms with van der Waals surface area (Å²) in [5.41, 5.74) is 0.996. The lowest BCUT2D eigenvalue weighted by atomic mass is 10.0. The lowest BCUT2D eigenvalue weighted by Gasteiger charge is -2.30. The van der Waals surface area contributed by atoms with Crippen LogP contribution in [0.5, 0.6) is 0 Å². The van der Waals surface area contributed by atoms with E-state index in [0.29, 0.717) is 25.4 Å². The molecule has 118 valence electrons. The molecule has 21 heavy (non-hydrogen) atoms. The van der Waals surface area contributed by atoms with Gasteiger partial charge in [-0.2, -0.15) is 17.4 Å². The van der Waals surface area contributed by atoms with Gasteiger partial charge in [0.2, 0.25) is 0 Å². The van der Waals surface area contributed by atoms with Crippen molar-refractivity contribution in [2.45, 2.75) is 32.3 Å². The van der Waals surface area contributed by atoms with E-state index in [0.717, 1.165) is 18.4 Å². The van der Waals surface area contributed by atoms with Crippen molar-refractivity contribution in [3.63, 3.8) is 0 Å². The minimum absolute atomic E-state index is 0.0438. The molecule has 1 aromatic carbocycles. The standard InChI is InChI=1S/C15H24N2O3S/c1-13-6-5-9-17(12-13)21(19,20)16-11-15(18)10-14-7-3-2-4-8-14/h2-4,7-8,13,15-16,18H,5-6,9-12H2,1H3/t13-,15+/m0/s1. The van der Waals surface area contributed by atoms with E-state index in [1.54, 1.807) is 0 Å². The van der Waals surface area contributed by atoms with Gasteiger partial charge in [0.1, 0.15) is 0 Å². The molecule has 2 rings (SSSR count). The Kier molecular flexibility index (Phi) is 5.75. The molecular weight excluding hydrogens is 288 g/mol. The van der Waals surface area contributed by atoms with Gasteiger partial charge < -0.3 is 5.11 Å². The smallest absolute Gasteiger partial charge is 0.279 e. The lowest BCUT2D eigenvalue weighted by Crippen LogP contribution is -2.47. The topological polar surface area (TPSA) is 69.6 Å². The van der Waals surface area contributed by atoms with E-state index in [-0.39, 0.29) is 6.54 Å². The highest BCUT2D eigenvalue weighted by atomic mass is 32.2. The van der Waals surface area contributed by atoms with Gasteiger partial charge in [-0.05, 0) is 30.7 Å². The molecule has 1 heterocycles. The Bertz CT molecular complexity index is 533. The normalized spacial score (nSPS) is 22.1. The minimum atomic E-state index is -3.48. The van der Waals surface area contributed by atoms with Crippen molar-refractivity contribution in [1.82, 2.24) is 9.03 Å². The molecule has 0 aliphatic carbocycles. The fourth-order valence-electron chi connectivity index (χ4n) is 2.62. The highest BCUT2D eigenvalue weighted by Gasteiger charge is 2.27. The summed E-state index contributed by atoms with van der Waals surface area (Å²) >= 11 is 0. The summed E-state index contributed by atoms with van der Waals surface area (Å²) in [5.74, 6) is 0.393. The van der Waals surface area contributed by atoms with Crippen molar-refractivity contribution in [1.29, 1.82) is 0 Å². The Balaban J connectivity index is 1.83. The molecule has 1 aliphatic heterocycles. The molecule has 2 atom stereocenters.